The minimum absolute atomic E-state index is 0.0780. The van der Waals surface area contributed by atoms with E-state index in [0.29, 0.717) is 32.1 Å². The van der Waals surface area contributed by atoms with Crippen molar-refractivity contribution in [3.8, 4) is 17.2 Å². The van der Waals surface area contributed by atoms with Gasteiger partial charge in [0.2, 0.25) is 0 Å². The number of aromatic carboxylic acids is 1. The van der Waals surface area contributed by atoms with Gasteiger partial charge >= 0.3 is 11.9 Å². The van der Waals surface area contributed by atoms with E-state index in [1.807, 2.05) is 50.5 Å². The van der Waals surface area contributed by atoms with Crippen LogP contribution < -0.4 is 24.4 Å². The van der Waals surface area contributed by atoms with Crippen LogP contribution in [0.3, 0.4) is 0 Å². The number of carbonyl (C=O) groups is 2. The Kier molecular flexibility index (Phi) is 8.83. The molecule has 45 heavy (non-hydrogen) atoms. The van der Waals surface area contributed by atoms with Gasteiger partial charge in [-0.2, -0.15) is 0 Å². The first-order valence-electron chi connectivity index (χ1n) is 14.5. The molecule has 0 radical (unpaired) electrons. The van der Waals surface area contributed by atoms with Crippen LogP contribution in [0.1, 0.15) is 66.6 Å². The van der Waals surface area contributed by atoms with E-state index in [2.05, 4.69) is 4.99 Å². The number of ether oxygens (including phenoxy) is 3. The molecule has 3 heterocycles. The minimum Gasteiger partial charge on any atom is -0.493 e. The van der Waals surface area contributed by atoms with Gasteiger partial charge in [-0.05, 0) is 101 Å². The van der Waals surface area contributed by atoms with Crippen molar-refractivity contribution in [3.63, 3.8) is 0 Å². The van der Waals surface area contributed by atoms with E-state index in [1.165, 1.54) is 15.9 Å². The highest BCUT2D eigenvalue weighted by molar-refractivity contribution is 7.07. The number of hydrogen-bond acceptors (Lipinski definition) is 8. The van der Waals surface area contributed by atoms with E-state index in [1.54, 1.807) is 57.4 Å². The Morgan fingerprint density at radius 3 is 2.40 bits per heavy atom. The highest BCUT2D eigenvalue weighted by atomic mass is 32.1. The van der Waals surface area contributed by atoms with Crippen molar-refractivity contribution in [2.24, 2.45) is 4.99 Å². The maximum absolute atomic E-state index is 14.2. The van der Waals surface area contributed by atoms with Crippen molar-refractivity contribution in [1.29, 1.82) is 0 Å². The van der Waals surface area contributed by atoms with Crippen LogP contribution in [0.5, 0.6) is 11.5 Å². The van der Waals surface area contributed by atoms with Gasteiger partial charge in [0.15, 0.2) is 16.3 Å². The Hall–Kier alpha value is -4.90. The van der Waals surface area contributed by atoms with Crippen molar-refractivity contribution < 1.29 is 28.9 Å². The summed E-state index contributed by atoms with van der Waals surface area (Å²) in [5.41, 5.74) is 4.74. The molecule has 1 N–H and O–H groups in total. The molecule has 4 aromatic rings. The van der Waals surface area contributed by atoms with Crippen LogP contribution in [0, 0.1) is 13.8 Å². The first kappa shape index (κ1) is 31.5. The second kappa shape index (κ2) is 12.6. The summed E-state index contributed by atoms with van der Waals surface area (Å²) in [6.07, 6.45) is 1.75. The standard InChI is InChI=1S/C34H35N3O7S/c1-8-43-33(41)29-20(5)35-34-37(30(29)23-11-14-26(44-18(2)3)27(16-23)42-7)31(38)28(45-34)17-24-15-19(4)36(21(24)6)25-12-9-22(10-13-25)32(39)40/h9-18,30H,8H2,1-7H3,(H,39,40)/b28-17-/t30-/m0/s1. The Balaban J connectivity index is 1.67. The van der Waals surface area contributed by atoms with Crippen molar-refractivity contribution in [1.82, 2.24) is 9.13 Å². The Labute approximate surface area is 264 Å². The maximum Gasteiger partial charge on any atom is 0.338 e. The number of carbonyl (C=O) groups excluding carboxylic acids is 1. The van der Waals surface area contributed by atoms with Crippen LogP contribution in [0.4, 0.5) is 0 Å². The molecule has 1 aliphatic rings. The lowest BCUT2D eigenvalue weighted by molar-refractivity contribution is -0.139. The van der Waals surface area contributed by atoms with Gasteiger partial charge in [-0.15, -0.1) is 0 Å². The molecule has 0 fully saturated rings. The van der Waals surface area contributed by atoms with Crippen LogP contribution >= 0.6 is 11.3 Å². The molecule has 0 unspecified atom stereocenters. The average molecular weight is 630 g/mol. The number of nitrogens with zero attached hydrogens (tertiary/aromatic N) is 3. The van der Waals surface area contributed by atoms with E-state index in [0.717, 1.165) is 22.6 Å². The number of allylic oxidation sites excluding steroid dienone is 1. The summed E-state index contributed by atoms with van der Waals surface area (Å²) >= 11 is 1.24. The zero-order chi connectivity index (χ0) is 32.6. The molecular weight excluding hydrogens is 594 g/mol. The quantitative estimate of drug-likeness (QED) is 0.267. The predicted molar refractivity (Wildman–Crippen MR) is 171 cm³/mol. The number of benzene rings is 2. The number of thiazole rings is 1. The third-order valence-electron chi connectivity index (χ3n) is 7.51. The van der Waals surface area contributed by atoms with E-state index >= 15 is 0 Å². The van der Waals surface area contributed by atoms with E-state index in [9.17, 15) is 19.5 Å². The molecule has 11 heteroatoms. The van der Waals surface area contributed by atoms with Crippen LogP contribution in [-0.4, -0.2) is 46.0 Å². The molecule has 5 rings (SSSR count). The summed E-state index contributed by atoms with van der Waals surface area (Å²) in [6.45, 7) is 11.4. The molecule has 0 bridgehead atoms. The van der Waals surface area contributed by atoms with E-state index < -0.39 is 18.0 Å². The summed E-state index contributed by atoms with van der Waals surface area (Å²) in [5, 5.41) is 9.28. The topological polar surface area (TPSA) is 121 Å². The minimum atomic E-state index is -0.989. The second-order valence-corrected chi connectivity index (χ2v) is 11.9. The van der Waals surface area contributed by atoms with Gasteiger partial charge in [0.25, 0.3) is 5.56 Å². The molecule has 0 saturated carbocycles. The number of aryl methyl sites for hydroxylation is 1. The number of aromatic nitrogens is 2. The highest BCUT2D eigenvalue weighted by Crippen LogP contribution is 2.36. The molecule has 2 aromatic heterocycles. The van der Waals surface area contributed by atoms with Crippen molar-refractivity contribution in [2.45, 2.75) is 53.7 Å². The average Bonchev–Trinajstić information content (AvgIpc) is 3.45. The van der Waals surface area contributed by atoms with Crippen molar-refractivity contribution >= 4 is 29.4 Å². The lowest BCUT2D eigenvalue weighted by Gasteiger charge is -2.25. The molecule has 234 valence electrons. The third kappa shape index (κ3) is 5.95. The molecular formula is C34H35N3O7S. The summed E-state index contributed by atoms with van der Waals surface area (Å²) in [6, 6.07) is 13.2. The zero-order valence-corrected chi connectivity index (χ0v) is 27.0. The van der Waals surface area contributed by atoms with Gasteiger partial charge < -0.3 is 23.9 Å². The molecule has 0 saturated heterocycles. The fourth-order valence-electron chi connectivity index (χ4n) is 5.54. The van der Waals surface area contributed by atoms with Crippen LogP contribution in [0.15, 0.2) is 69.6 Å². The molecule has 1 atom stereocenters. The van der Waals surface area contributed by atoms with E-state index in [-0.39, 0.29) is 29.4 Å². The summed E-state index contributed by atoms with van der Waals surface area (Å²) in [5.74, 6) is -0.506. The van der Waals surface area contributed by atoms with Crippen LogP contribution in [-0.2, 0) is 9.53 Å². The summed E-state index contributed by atoms with van der Waals surface area (Å²) in [4.78, 5) is 43.9. The number of fused-ring (bicyclic) bond motifs is 1. The number of methoxy groups -OCH3 is 1. The maximum atomic E-state index is 14.2. The van der Waals surface area contributed by atoms with Crippen LogP contribution in [0.2, 0.25) is 0 Å². The summed E-state index contributed by atoms with van der Waals surface area (Å²) in [7, 11) is 1.54. The fraction of sp³-hybridized carbons (Fsp3) is 0.294. The molecule has 10 nitrogen and oxygen atoms in total. The van der Waals surface area contributed by atoms with Gasteiger partial charge in [0.05, 0.1) is 47.2 Å². The predicted octanol–water partition coefficient (Wildman–Crippen LogP) is 4.70. The van der Waals surface area contributed by atoms with Gasteiger partial charge in [-0.1, -0.05) is 17.4 Å². The van der Waals surface area contributed by atoms with Crippen molar-refractivity contribution in [3.05, 3.63) is 108 Å². The Bertz CT molecular complexity index is 2010. The van der Waals surface area contributed by atoms with Gasteiger partial charge in [0.1, 0.15) is 0 Å². The molecule has 0 aliphatic carbocycles. The smallest absolute Gasteiger partial charge is 0.338 e. The fourth-order valence-corrected chi connectivity index (χ4v) is 6.58. The monoisotopic (exact) mass is 629 g/mol. The number of rotatable bonds is 9. The van der Waals surface area contributed by atoms with Crippen molar-refractivity contribution in [2.75, 3.05) is 13.7 Å². The number of carboxylic acids is 1. The first-order chi connectivity index (χ1) is 21.4. The number of esters is 1. The SMILES string of the molecule is CCOC(=O)C1=C(C)N=c2s/c(=C\c3cc(C)n(-c4ccc(C(=O)O)cc4)c3C)c(=O)n2[C@H]1c1ccc(OC(C)C)c(OC)c1. The lowest BCUT2D eigenvalue weighted by Crippen LogP contribution is -2.40. The second-order valence-electron chi connectivity index (χ2n) is 10.9. The molecule has 2 aromatic carbocycles. The highest BCUT2D eigenvalue weighted by Gasteiger charge is 2.34. The summed E-state index contributed by atoms with van der Waals surface area (Å²) < 4.78 is 20.9. The van der Waals surface area contributed by atoms with Gasteiger partial charge in [0, 0.05) is 17.1 Å². The van der Waals surface area contributed by atoms with E-state index in [4.69, 9.17) is 14.2 Å². The largest absolute Gasteiger partial charge is 0.493 e. The first-order valence-corrected chi connectivity index (χ1v) is 15.3. The van der Waals surface area contributed by atoms with Gasteiger partial charge in [-0.3, -0.25) is 9.36 Å². The molecule has 0 amide bonds. The van der Waals surface area contributed by atoms with Crippen LogP contribution in [0.25, 0.3) is 11.8 Å². The Morgan fingerprint density at radius 1 is 1.07 bits per heavy atom. The van der Waals surface area contributed by atoms with Gasteiger partial charge in [-0.25, -0.2) is 14.6 Å². The number of carboxylic acid groups (broad SMARTS) is 1. The molecule has 0 spiro atoms. The normalized spacial score (nSPS) is 14.8. The third-order valence-corrected chi connectivity index (χ3v) is 8.50. The lowest BCUT2D eigenvalue weighted by atomic mass is 9.95. The number of hydrogen-bond donors (Lipinski definition) is 1. The zero-order valence-electron chi connectivity index (χ0n) is 26.2. The molecule has 1 aliphatic heterocycles. The Morgan fingerprint density at radius 2 is 1.78 bits per heavy atom.